The molecule has 2 nitrogen and oxygen atoms in total. The van der Waals surface area contributed by atoms with Crippen LogP contribution in [0.1, 0.15) is 112 Å². The van der Waals surface area contributed by atoms with Crippen molar-refractivity contribution in [2.75, 3.05) is 0 Å². The molecule has 0 bridgehead atoms. The van der Waals surface area contributed by atoms with Crippen LogP contribution < -0.4 is 5.11 Å². The van der Waals surface area contributed by atoms with E-state index in [-0.39, 0.29) is 35.4 Å². The Morgan fingerprint density at radius 2 is 0.889 bits per heavy atom. The molecule has 2 aromatic rings. The smallest absolute Gasteiger partial charge is 0.185 e. The van der Waals surface area contributed by atoms with Crippen molar-refractivity contribution in [2.45, 2.75) is 96.3 Å². The van der Waals surface area contributed by atoms with Crippen molar-refractivity contribution in [3.05, 3.63) is 97.1 Å². The number of benzene rings is 2. The van der Waals surface area contributed by atoms with E-state index < -0.39 is 0 Å². The maximum atomic E-state index is 11.8. The van der Waals surface area contributed by atoms with Gasteiger partial charge in [-0.1, -0.05) is 124 Å². The fraction of sp³-hybridized carbons (Fsp3) is 0.455. The summed E-state index contributed by atoms with van der Waals surface area (Å²) in [6, 6.07) is 17.5. The van der Waals surface area contributed by atoms with Gasteiger partial charge in [0, 0.05) is 29.5 Å². The minimum Gasteiger partial charge on any atom is -0.872 e. The molecule has 0 unspecified atom stereocenters. The predicted molar refractivity (Wildman–Crippen MR) is 153 cm³/mol. The Kier molecular flexibility index (Phi) is 20.4. The summed E-state index contributed by atoms with van der Waals surface area (Å²) in [5.41, 5.74) is 1.05. The first-order chi connectivity index (χ1) is 17.3. The number of carbonyl (C=O) groups is 1. The van der Waals surface area contributed by atoms with Crippen molar-refractivity contribution in [1.29, 1.82) is 0 Å². The molecule has 0 atom stereocenters. The Hall–Kier alpha value is -1.55. The first-order valence-corrected chi connectivity index (χ1v) is 13.8. The van der Waals surface area contributed by atoms with Gasteiger partial charge < -0.3 is 24.4 Å². The van der Waals surface area contributed by atoms with E-state index in [1.165, 1.54) is 96.3 Å². The molecule has 0 saturated heterocycles. The predicted octanol–water partition coefficient (Wildman–Crippen LogP) is 8.35. The number of carbonyl (C=O) groups excluding carboxylic acids is 1. The van der Waals surface area contributed by atoms with Crippen LogP contribution in [0.2, 0.25) is 0 Å². The molecule has 0 spiro atoms. The first-order valence-electron chi connectivity index (χ1n) is 13.8. The number of ketones is 1. The van der Waals surface area contributed by atoms with Crippen molar-refractivity contribution in [3.63, 3.8) is 0 Å². The van der Waals surface area contributed by atoms with Crippen molar-refractivity contribution in [2.24, 2.45) is 0 Å². The van der Waals surface area contributed by atoms with Gasteiger partial charge in [-0.3, -0.25) is 4.79 Å². The molecule has 3 saturated carbocycles. The van der Waals surface area contributed by atoms with Crippen LogP contribution in [-0.2, 0) is 0 Å². The zero-order valence-electron chi connectivity index (χ0n) is 22.0. The van der Waals surface area contributed by atoms with Gasteiger partial charge in [-0.15, -0.1) is 0 Å². The first kappa shape index (κ1) is 32.5. The zero-order chi connectivity index (χ0) is 24.8. The van der Waals surface area contributed by atoms with E-state index in [0.29, 0.717) is 11.1 Å². The van der Waals surface area contributed by atoms with Gasteiger partial charge in [-0.2, -0.15) is 38.5 Å². The average molecular weight is 591 g/mol. The van der Waals surface area contributed by atoms with Crippen molar-refractivity contribution in [3.8, 4) is 0 Å². The molecule has 0 heterocycles. The molecule has 0 N–H and O–H groups in total. The average Bonchev–Trinajstić information content (AvgIpc) is 2.98. The second-order valence-corrected chi connectivity index (χ2v) is 9.38. The number of hydrogen-bond acceptors (Lipinski definition) is 2. The molecule has 0 aromatic heterocycles. The van der Waals surface area contributed by atoms with Gasteiger partial charge >= 0.3 is 0 Å². The van der Waals surface area contributed by atoms with Crippen LogP contribution in [0.4, 0.5) is 0 Å². The molecule has 4 radical (unpaired) electrons. The van der Waals surface area contributed by atoms with E-state index in [2.05, 4.69) is 19.3 Å². The molecule has 0 amide bonds. The minimum atomic E-state index is -0.264. The molecule has 5 rings (SSSR count). The van der Waals surface area contributed by atoms with E-state index in [1.54, 1.807) is 48.5 Å². The molecule has 0 aliphatic heterocycles. The summed E-state index contributed by atoms with van der Waals surface area (Å²) < 4.78 is 0. The summed E-state index contributed by atoms with van der Waals surface area (Å²) in [6.45, 7) is 0. The van der Waals surface area contributed by atoms with E-state index in [4.69, 9.17) is 0 Å². The monoisotopic (exact) mass is 592 g/mol. The molecular formula is C33H44O2Sn-4. The molecule has 196 valence electrons. The van der Waals surface area contributed by atoms with Gasteiger partial charge in [0.05, 0.1) is 0 Å². The second-order valence-electron chi connectivity index (χ2n) is 9.38. The van der Waals surface area contributed by atoms with Gasteiger partial charge in [0.15, 0.2) is 5.78 Å². The van der Waals surface area contributed by atoms with Gasteiger partial charge in [0.2, 0.25) is 0 Å². The van der Waals surface area contributed by atoms with Crippen LogP contribution in [0.3, 0.4) is 0 Å². The Morgan fingerprint density at radius 3 is 1.17 bits per heavy atom. The van der Waals surface area contributed by atoms with Crippen molar-refractivity contribution in [1.82, 2.24) is 0 Å². The van der Waals surface area contributed by atoms with Gasteiger partial charge in [0.1, 0.15) is 0 Å². The summed E-state index contributed by atoms with van der Waals surface area (Å²) in [5.74, 6) is -0.529. The van der Waals surface area contributed by atoms with Gasteiger partial charge in [-0.25, -0.2) is 0 Å². The minimum absolute atomic E-state index is 0. The maximum Gasteiger partial charge on any atom is 0.185 e. The van der Waals surface area contributed by atoms with Crippen LogP contribution in [0.5, 0.6) is 0 Å². The Balaban J connectivity index is 0.000000279. The molecular weight excluding hydrogens is 547 g/mol. The largest absolute Gasteiger partial charge is 0.872 e. The molecule has 3 aliphatic carbocycles. The third-order valence-electron chi connectivity index (χ3n) is 6.33. The van der Waals surface area contributed by atoms with Crippen LogP contribution in [0.25, 0.3) is 5.76 Å². The maximum absolute atomic E-state index is 11.8. The molecule has 2 aromatic carbocycles. The third kappa shape index (κ3) is 16.2. The van der Waals surface area contributed by atoms with E-state index in [0.717, 1.165) is 6.08 Å². The van der Waals surface area contributed by atoms with Gasteiger partial charge in [-0.05, 0) is 11.6 Å². The van der Waals surface area contributed by atoms with Crippen LogP contribution in [-0.4, -0.2) is 29.7 Å². The Bertz CT molecular complexity index is 726. The fourth-order valence-electron chi connectivity index (χ4n) is 4.19. The van der Waals surface area contributed by atoms with Crippen LogP contribution in [0, 0.1) is 19.3 Å². The quantitative estimate of drug-likeness (QED) is 0.118. The molecule has 3 fully saturated rings. The Labute approximate surface area is 237 Å². The van der Waals surface area contributed by atoms with Crippen molar-refractivity contribution >= 4 is 35.4 Å². The van der Waals surface area contributed by atoms with E-state index >= 15 is 0 Å². The SMILES string of the molecule is O=C(/C=C(\[O-])c1ccccc1)c1ccccc1.[CH-]1CCCCC1.[CH-]1CCCCC1.[CH-]1CCCCC1.[Sn]. The molecule has 36 heavy (non-hydrogen) atoms. The number of allylic oxidation sites excluding steroid dienone is 1. The third-order valence-corrected chi connectivity index (χ3v) is 6.33. The summed E-state index contributed by atoms with van der Waals surface area (Å²) in [4.78, 5) is 11.8. The second kappa shape index (κ2) is 22.6. The summed E-state index contributed by atoms with van der Waals surface area (Å²) in [5, 5.41) is 11.8. The van der Waals surface area contributed by atoms with Crippen LogP contribution >= 0.6 is 0 Å². The summed E-state index contributed by atoms with van der Waals surface area (Å²) in [6.07, 6.45) is 29.6. The molecule has 3 aliphatic rings. The zero-order valence-corrected chi connectivity index (χ0v) is 24.9. The van der Waals surface area contributed by atoms with E-state index in [1.807, 2.05) is 12.1 Å². The number of hydrogen-bond donors (Lipinski definition) is 0. The van der Waals surface area contributed by atoms with E-state index in [9.17, 15) is 9.90 Å². The summed E-state index contributed by atoms with van der Waals surface area (Å²) >= 11 is 0. The van der Waals surface area contributed by atoms with Crippen molar-refractivity contribution < 1.29 is 9.90 Å². The normalized spacial score (nSPS) is 17.3. The molecule has 3 heteroatoms. The standard InChI is InChI=1S/C15H12O2.3C6H11.Sn/c16-14(12-7-3-1-4-8-12)11-15(17)13-9-5-2-6-10-13;3*1-2-4-6-5-3-1;/h1-11,16H;3*1H,2-6H2;/q;3*-1;/p-1/b14-11-;;;;. The summed E-state index contributed by atoms with van der Waals surface area (Å²) in [7, 11) is 0. The van der Waals surface area contributed by atoms with Gasteiger partial charge in [0.25, 0.3) is 0 Å². The topological polar surface area (TPSA) is 40.1 Å². The Morgan fingerprint density at radius 1 is 0.556 bits per heavy atom. The fourth-order valence-corrected chi connectivity index (χ4v) is 4.19. The van der Waals surface area contributed by atoms with Crippen LogP contribution in [0.15, 0.2) is 66.7 Å². The number of rotatable bonds is 3.